The minimum absolute atomic E-state index is 0.0654. The SMILES string of the molecule is C=C(CCN1CCN(CC)CC1)Nc1c(C)[nH]c(/C=C2\C(=O)Nc3ccc(P)cc32)c1C. The molecule has 170 valence electrons. The highest BCUT2D eigenvalue weighted by molar-refractivity contribution is 7.27. The van der Waals surface area contributed by atoms with E-state index < -0.39 is 0 Å². The van der Waals surface area contributed by atoms with E-state index in [1.54, 1.807) is 0 Å². The highest BCUT2D eigenvalue weighted by Crippen LogP contribution is 2.34. The van der Waals surface area contributed by atoms with Gasteiger partial charge >= 0.3 is 0 Å². The summed E-state index contributed by atoms with van der Waals surface area (Å²) in [4.78, 5) is 21.0. The maximum absolute atomic E-state index is 12.6. The molecule has 0 bridgehead atoms. The Morgan fingerprint density at radius 3 is 2.66 bits per heavy atom. The van der Waals surface area contributed by atoms with E-state index in [-0.39, 0.29) is 5.91 Å². The summed E-state index contributed by atoms with van der Waals surface area (Å²) in [5.74, 6) is -0.0654. The number of hydrogen-bond donors (Lipinski definition) is 3. The summed E-state index contributed by atoms with van der Waals surface area (Å²) in [5, 5.41) is 7.54. The first kappa shape index (κ1) is 22.8. The van der Waals surface area contributed by atoms with Crippen molar-refractivity contribution in [3.8, 4) is 0 Å². The molecular formula is C25H34N5OP. The molecule has 1 saturated heterocycles. The highest BCUT2D eigenvalue weighted by Gasteiger charge is 2.25. The second-order valence-corrected chi connectivity index (χ2v) is 9.40. The minimum Gasteiger partial charge on any atom is -0.358 e. The summed E-state index contributed by atoms with van der Waals surface area (Å²) in [5.41, 5.74) is 7.64. The molecule has 1 aromatic heterocycles. The summed E-state index contributed by atoms with van der Waals surface area (Å²) in [6.07, 6.45) is 2.87. The Kier molecular flexibility index (Phi) is 6.85. The van der Waals surface area contributed by atoms with Gasteiger partial charge in [0.1, 0.15) is 0 Å². The fraction of sp³-hybridized carbons (Fsp3) is 0.400. The number of H-pyrrole nitrogens is 1. The van der Waals surface area contributed by atoms with E-state index >= 15 is 0 Å². The summed E-state index contributed by atoms with van der Waals surface area (Å²) in [6.45, 7) is 17.3. The number of fused-ring (bicyclic) bond motifs is 1. The van der Waals surface area contributed by atoms with Crippen molar-refractivity contribution in [2.75, 3.05) is 49.9 Å². The molecule has 0 radical (unpaired) electrons. The van der Waals surface area contributed by atoms with E-state index in [2.05, 4.69) is 62.0 Å². The van der Waals surface area contributed by atoms with Crippen molar-refractivity contribution in [1.29, 1.82) is 0 Å². The number of amides is 1. The molecule has 1 amide bonds. The second kappa shape index (κ2) is 9.62. The Bertz CT molecular complexity index is 1060. The number of nitrogens with zero attached hydrogens (tertiary/aromatic N) is 2. The zero-order valence-electron chi connectivity index (χ0n) is 19.3. The van der Waals surface area contributed by atoms with Crippen molar-refractivity contribution in [1.82, 2.24) is 14.8 Å². The van der Waals surface area contributed by atoms with Crippen molar-refractivity contribution in [2.45, 2.75) is 27.2 Å². The molecule has 0 aliphatic carbocycles. The minimum atomic E-state index is -0.0654. The molecule has 1 unspecified atom stereocenters. The summed E-state index contributed by atoms with van der Waals surface area (Å²) >= 11 is 0. The number of aromatic nitrogens is 1. The van der Waals surface area contributed by atoms with Crippen LogP contribution in [0.25, 0.3) is 11.6 Å². The molecule has 7 heteroatoms. The number of carbonyl (C=O) groups is 1. The number of nitrogens with one attached hydrogen (secondary N) is 3. The fourth-order valence-corrected chi connectivity index (χ4v) is 4.72. The molecule has 2 aromatic rings. The molecule has 32 heavy (non-hydrogen) atoms. The summed E-state index contributed by atoms with van der Waals surface area (Å²) in [7, 11) is 2.69. The van der Waals surface area contributed by atoms with Gasteiger partial charge in [0, 0.05) is 61.1 Å². The Morgan fingerprint density at radius 1 is 1.22 bits per heavy atom. The van der Waals surface area contributed by atoms with Crippen LogP contribution in [-0.4, -0.2) is 60.0 Å². The standard InChI is InChI=1S/C25H34N5OP/c1-5-29-10-12-30(13-11-29)9-8-16(2)26-24-17(3)23(27-18(24)4)15-21-20-14-19(32)6-7-22(20)28-25(21)31/h6-7,14-15,26-27H,2,5,8-13,32H2,1,3-4H3,(H,28,31)/b21-15-. The topological polar surface area (TPSA) is 63.4 Å². The van der Waals surface area contributed by atoms with Crippen molar-refractivity contribution in [3.63, 3.8) is 0 Å². The first-order valence-corrected chi connectivity index (χ1v) is 11.9. The molecule has 3 heterocycles. The third-order valence-corrected chi connectivity index (χ3v) is 6.89. The average molecular weight is 452 g/mol. The zero-order chi connectivity index (χ0) is 22.8. The lowest BCUT2D eigenvalue weighted by Crippen LogP contribution is -2.46. The number of carbonyl (C=O) groups excluding carboxylic acids is 1. The maximum atomic E-state index is 12.6. The van der Waals surface area contributed by atoms with Crippen LogP contribution in [0.15, 0.2) is 30.5 Å². The Balaban J connectivity index is 1.44. The van der Waals surface area contributed by atoms with Gasteiger partial charge in [0.25, 0.3) is 5.91 Å². The number of likely N-dealkylation sites (N-methyl/N-ethyl adjacent to an activating group) is 1. The lowest BCUT2D eigenvalue weighted by molar-refractivity contribution is -0.110. The Morgan fingerprint density at radius 2 is 1.94 bits per heavy atom. The number of aryl methyl sites for hydroxylation is 1. The molecule has 6 nitrogen and oxygen atoms in total. The van der Waals surface area contributed by atoms with Gasteiger partial charge in [-0.1, -0.05) is 19.6 Å². The van der Waals surface area contributed by atoms with E-state index in [1.165, 1.54) is 0 Å². The predicted molar refractivity (Wildman–Crippen MR) is 138 cm³/mol. The predicted octanol–water partition coefficient (Wildman–Crippen LogP) is 3.58. The molecule has 4 rings (SSSR count). The zero-order valence-corrected chi connectivity index (χ0v) is 20.5. The van der Waals surface area contributed by atoms with E-state index in [0.29, 0.717) is 5.57 Å². The molecule has 0 saturated carbocycles. The largest absolute Gasteiger partial charge is 0.358 e. The molecule has 1 fully saturated rings. The number of aromatic amines is 1. The Labute approximate surface area is 193 Å². The molecule has 2 aliphatic heterocycles. The summed E-state index contributed by atoms with van der Waals surface area (Å²) < 4.78 is 0. The van der Waals surface area contributed by atoms with Gasteiger partial charge in [-0.3, -0.25) is 4.79 Å². The summed E-state index contributed by atoms with van der Waals surface area (Å²) in [6, 6.07) is 5.95. The van der Waals surface area contributed by atoms with Crippen LogP contribution in [-0.2, 0) is 4.79 Å². The molecule has 1 aromatic carbocycles. The van der Waals surface area contributed by atoms with Gasteiger partial charge in [0.05, 0.1) is 11.3 Å². The number of hydrogen-bond acceptors (Lipinski definition) is 4. The number of benzene rings is 1. The lowest BCUT2D eigenvalue weighted by atomic mass is 10.0. The third kappa shape index (κ3) is 4.83. The van der Waals surface area contributed by atoms with Gasteiger partial charge in [-0.15, -0.1) is 9.24 Å². The van der Waals surface area contributed by atoms with E-state index in [0.717, 1.165) is 90.6 Å². The third-order valence-electron chi connectivity index (χ3n) is 6.54. The second-order valence-electron chi connectivity index (χ2n) is 8.74. The van der Waals surface area contributed by atoms with E-state index in [1.807, 2.05) is 24.3 Å². The van der Waals surface area contributed by atoms with Crippen LogP contribution in [0.1, 0.15) is 35.9 Å². The van der Waals surface area contributed by atoms with Crippen LogP contribution < -0.4 is 15.9 Å². The quantitative estimate of drug-likeness (QED) is 0.445. The van der Waals surface area contributed by atoms with Crippen molar-refractivity contribution >= 4 is 43.5 Å². The average Bonchev–Trinajstić information content (AvgIpc) is 3.23. The van der Waals surface area contributed by atoms with E-state index in [9.17, 15) is 4.79 Å². The first-order chi connectivity index (χ1) is 15.4. The van der Waals surface area contributed by atoms with Crippen LogP contribution in [0.2, 0.25) is 0 Å². The van der Waals surface area contributed by atoms with E-state index in [4.69, 9.17) is 0 Å². The van der Waals surface area contributed by atoms with Gasteiger partial charge in [-0.25, -0.2) is 0 Å². The van der Waals surface area contributed by atoms with Crippen LogP contribution in [0.5, 0.6) is 0 Å². The molecule has 1 atom stereocenters. The highest BCUT2D eigenvalue weighted by atomic mass is 31.0. The number of piperazine rings is 1. The lowest BCUT2D eigenvalue weighted by Gasteiger charge is -2.34. The normalized spacial score (nSPS) is 18.1. The first-order valence-electron chi connectivity index (χ1n) is 11.4. The van der Waals surface area contributed by atoms with Gasteiger partial charge in [0.2, 0.25) is 0 Å². The van der Waals surface area contributed by atoms with Crippen LogP contribution in [0.4, 0.5) is 11.4 Å². The van der Waals surface area contributed by atoms with Crippen molar-refractivity contribution in [2.24, 2.45) is 0 Å². The smallest absolute Gasteiger partial charge is 0.256 e. The van der Waals surface area contributed by atoms with Gasteiger partial charge in [0.15, 0.2) is 0 Å². The van der Waals surface area contributed by atoms with Gasteiger partial charge < -0.3 is 25.4 Å². The maximum Gasteiger partial charge on any atom is 0.256 e. The molecule has 0 spiro atoms. The van der Waals surface area contributed by atoms with Gasteiger partial charge in [-0.2, -0.15) is 0 Å². The van der Waals surface area contributed by atoms with Crippen molar-refractivity contribution in [3.05, 3.63) is 53.0 Å². The van der Waals surface area contributed by atoms with Crippen LogP contribution in [0.3, 0.4) is 0 Å². The van der Waals surface area contributed by atoms with Crippen LogP contribution >= 0.6 is 9.24 Å². The number of rotatable bonds is 7. The van der Waals surface area contributed by atoms with Crippen LogP contribution in [0, 0.1) is 13.8 Å². The van der Waals surface area contributed by atoms with Crippen molar-refractivity contribution < 1.29 is 4.79 Å². The van der Waals surface area contributed by atoms with Gasteiger partial charge in [-0.05, 0) is 55.9 Å². The Hall–Kier alpha value is -2.40. The monoisotopic (exact) mass is 451 g/mol. The molecular weight excluding hydrogens is 417 g/mol. The number of anilines is 2. The molecule has 2 aliphatic rings. The fourth-order valence-electron chi connectivity index (χ4n) is 4.46. The molecule has 3 N–H and O–H groups in total.